The number of fused-ring (bicyclic) bond motifs is 1. The van der Waals surface area contributed by atoms with E-state index in [9.17, 15) is 4.79 Å². The molecular formula is C22H25N7O2S. The van der Waals surface area contributed by atoms with Gasteiger partial charge in [-0.25, -0.2) is 19.6 Å². The van der Waals surface area contributed by atoms with Crippen LogP contribution in [0.5, 0.6) is 0 Å². The Balaban J connectivity index is 1.43. The molecule has 1 amide bonds. The van der Waals surface area contributed by atoms with E-state index in [-0.39, 0.29) is 11.8 Å². The van der Waals surface area contributed by atoms with Crippen molar-refractivity contribution in [2.24, 2.45) is 0 Å². The number of nitrogens with one attached hydrogen (secondary N) is 2. The molecule has 0 aliphatic heterocycles. The molecule has 0 fully saturated rings. The van der Waals surface area contributed by atoms with Gasteiger partial charge in [0.05, 0.1) is 24.3 Å². The van der Waals surface area contributed by atoms with Gasteiger partial charge < -0.3 is 15.1 Å². The molecule has 0 atom stereocenters. The first-order valence-corrected chi connectivity index (χ1v) is 11.6. The van der Waals surface area contributed by atoms with Crippen LogP contribution in [0.25, 0.3) is 22.4 Å². The van der Waals surface area contributed by atoms with Crippen LogP contribution in [0.3, 0.4) is 0 Å². The molecule has 3 heterocycles. The quantitative estimate of drug-likeness (QED) is 0.276. The van der Waals surface area contributed by atoms with Crippen LogP contribution in [0.2, 0.25) is 0 Å². The first-order chi connectivity index (χ1) is 15.7. The van der Waals surface area contributed by atoms with Gasteiger partial charge in [0, 0.05) is 18.7 Å². The van der Waals surface area contributed by atoms with Crippen molar-refractivity contribution in [3.05, 3.63) is 48.6 Å². The zero-order chi connectivity index (χ0) is 22.3. The number of aromatic nitrogens is 5. The summed E-state index contributed by atoms with van der Waals surface area (Å²) in [4.78, 5) is 25.8. The number of hydrogen-bond acceptors (Lipinski definition) is 8. The van der Waals surface area contributed by atoms with Crippen LogP contribution in [-0.4, -0.2) is 49.5 Å². The Kier molecular flexibility index (Phi) is 7.00. The summed E-state index contributed by atoms with van der Waals surface area (Å²) in [5.74, 6) is 1.88. The molecular weight excluding hydrogens is 426 g/mol. The zero-order valence-electron chi connectivity index (χ0n) is 18.0. The number of benzene rings is 1. The van der Waals surface area contributed by atoms with Crippen molar-refractivity contribution < 1.29 is 9.21 Å². The van der Waals surface area contributed by atoms with E-state index >= 15 is 0 Å². The predicted octanol–water partition coefficient (Wildman–Crippen LogP) is 3.85. The standard InChI is InChI=1S/C22H25N7O2S/c1-3-10-23-18-16-13-26-29(19(16)28-22(27-18)32-4-2)12-11-24-20(30)21-25-14-17(31-21)15-8-6-5-7-9-15/h5-9,13-14H,3-4,10-12H2,1-2H3,(H,24,30)(H,23,27,28). The molecule has 0 saturated heterocycles. The van der Waals surface area contributed by atoms with Gasteiger partial charge in [-0.05, 0) is 12.2 Å². The van der Waals surface area contributed by atoms with Gasteiger partial charge in [-0.2, -0.15) is 5.10 Å². The second-order valence-electron chi connectivity index (χ2n) is 6.97. The number of oxazole rings is 1. The number of amides is 1. The van der Waals surface area contributed by atoms with Crippen molar-refractivity contribution >= 4 is 34.5 Å². The average Bonchev–Trinajstić information content (AvgIpc) is 3.46. The highest BCUT2D eigenvalue weighted by molar-refractivity contribution is 7.99. The van der Waals surface area contributed by atoms with Crippen molar-refractivity contribution in [3.8, 4) is 11.3 Å². The third-order valence-corrected chi connectivity index (χ3v) is 5.39. The molecule has 3 aromatic heterocycles. The van der Waals surface area contributed by atoms with E-state index in [1.807, 2.05) is 30.3 Å². The highest BCUT2D eigenvalue weighted by Gasteiger charge is 2.16. The number of carbonyl (C=O) groups excluding carboxylic acids is 1. The minimum Gasteiger partial charge on any atom is -0.432 e. The second-order valence-corrected chi connectivity index (χ2v) is 8.20. The van der Waals surface area contributed by atoms with Gasteiger partial charge in [0.1, 0.15) is 5.82 Å². The van der Waals surface area contributed by atoms with Crippen LogP contribution in [-0.2, 0) is 6.54 Å². The summed E-state index contributed by atoms with van der Waals surface area (Å²) in [6.07, 6.45) is 4.31. The van der Waals surface area contributed by atoms with E-state index in [1.54, 1.807) is 28.8 Å². The Hall–Kier alpha value is -3.40. The second kappa shape index (κ2) is 10.3. The number of thioether (sulfide) groups is 1. The first-order valence-electron chi connectivity index (χ1n) is 10.6. The molecule has 0 saturated carbocycles. The molecule has 0 aliphatic carbocycles. The SMILES string of the molecule is CCCNc1nc(SCC)nc2c1cnn2CCNC(=O)c1ncc(-c2ccccc2)o1. The Labute approximate surface area is 190 Å². The smallest absolute Gasteiger partial charge is 0.307 e. The van der Waals surface area contributed by atoms with Gasteiger partial charge in [0.25, 0.3) is 5.89 Å². The molecule has 0 bridgehead atoms. The summed E-state index contributed by atoms with van der Waals surface area (Å²) in [7, 11) is 0. The van der Waals surface area contributed by atoms with Crippen LogP contribution in [0, 0.1) is 0 Å². The maximum Gasteiger partial charge on any atom is 0.307 e. The zero-order valence-corrected chi connectivity index (χ0v) is 18.9. The molecule has 0 radical (unpaired) electrons. The average molecular weight is 452 g/mol. The molecule has 4 aromatic rings. The van der Waals surface area contributed by atoms with Gasteiger partial charge in [-0.1, -0.05) is 55.9 Å². The first kappa shape index (κ1) is 21.8. The normalized spacial score (nSPS) is 11.1. The number of rotatable bonds is 10. The van der Waals surface area contributed by atoms with E-state index in [0.717, 1.165) is 41.1 Å². The summed E-state index contributed by atoms with van der Waals surface area (Å²) in [5, 5.41) is 12.2. The summed E-state index contributed by atoms with van der Waals surface area (Å²) >= 11 is 1.58. The Morgan fingerprint density at radius 3 is 2.75 bits per heavy atom. The van der Waals surface area contributed by atoms with Crippen LogP contribution < -0.4 is 10.6 Å². The van der Waals surface area contributed by atoms with Crippen molar-refractivity contribution in [2.45, 2.75) is 32.0 Å². The summed E-state index contributed by atoms with van der Waals surface area (Å²) < 4.78 is 7.39. The van der Waals surface area contributed by atoms with Gasteiger partial charge in [-0.3, -0.25) is 4.79 Å². The minimum atomic E-state index is -0.370. The van der Waals surface area contributed by atoms with E-state index in [0.29, 0.717) is 24.0 Å². The number of hydrogen-bond donors (Lipinski definition) is 2. The fourth-order valence-corrected chi connectivity index (χ4v) is 3.70. The lowest BCUT2D eigenvalue weighted by Gasteiger charge is -2.09. The molecule has 9 nitrogen and oxygen atoms in total. The topological polar surface area (TPSA) is 111 Å². The van der Waals surface area contributed by atoms with Crippen molar-refractivity contribution in [1.82, 2.24) is 30.0 Å². The molecule has 10 heteroatoms. The summed E-state index contributed by atoms with van der Waals surface area (Å²) in [6.45, 7) is 5.81. The molecule has 1 aromatic carbocycles. The maximum absolute atomic E-state index is 12.5. The highest BCUT2D eigenvalue weighted by Crippen LogP contribution is 2.24. The van der Waals surface area contributed by atoms with Gasteiger partial charge >= 0.3 is 5.91 Å². The molecule has 0 spiro atoms. The van der Waals surface area contributed by atoms with E-state index < -0.39 is 0 Å². The monoisotopic (exact) mass is 451 g/mol. The fourth-order valence-electron chi connectivity index (χ4n) is 3.14. The lowest BCUT2D eigenvalue weighted by Crippen LogP contribution is -2.27. The lowest BCUT2D eigenvalue weighted by molar-refractivity contribution is 0.0918. The molecule has 0 unspecified atom stereocenters. The maximum atomic E-state index is 12.5. The third-order valence-electron chi connectivity index (χ3n) is 4.66. The number of nitrogens with zero attached hydrogens (tertiary/aromatic N) is 5. The third kappa shape index (κ3) is 4.91. The van der Waals surface area contributed by atoms with E-state index in [1.165, 1.54) is 0 Å². The van der Waals surface area contributed by atoms with Crippen molar-refractivity contribution in [1.29, 1.82) is 0 Å². The minimum absolute atomic E-state index is 0.0317. The van der Waals surface area contributed by atoms with Crippen molar-refractivity contribution in [3.63, 3.8) is 0 Å². The van der Waals surface area contributed by atoms with Crippen LogP contribution in [0.15, 0.2) is 52.3 Å². The molecule has 166 valence electrons. The Bertz CT molecular complexity index is 1190. The molecule has 2 N–H and O–H groups in total. The number of anilines is 1. The van der Waals surface area contributed by atoms with Gasteiger partial charge in [0.2, 0.25) is 0 Å². The predicted molar refractivity (Wildman–Crippen MR) is 125 cm³/mol. The molecule has 32 heavy (non-hydrogen) atoms. The van der Waals surface area contributed by atoms with E-state index in [2.05, 4.69) is 44.5 Å². The summed E-state index contributed by atoms with van der Waals surface area (Å²) in [5.41, 5.74) is 1.61. The fraction of sp³-hybridized carbons (Fsp3) is 0.318. The van der Waals surface area contributed by atoms with Crippen LogP contribution in [0.1, 0.15) is 31.0 Å². The van der Waals surface area contributed by atoms with Crippen LogP contribution in [0.4, 0.5) is 5.82 Å². The number of carbonyl (C=O) groups is 1. The van der Waals surface area contributed by atoms with Gasteiger partial charge in [-0.15, -0.1) is 0 Å². The molecule has 0 aliphatic rings. The lowest BCUT2D eigenvalue weighted by atomic mass is 10.2. The van der Waals surface area contributed by atoms with Crippen LogP contribution >= 0.6 is 11.8 Å². The van der Waals surface area contributed by atoms with Gasteiger partial charge in [0.15, 0.2) is 16.6 Å². The Morgan fingerprint density at radius 2 is 1.97 bits per heavy atom. The molecule has 4 rings (SSSR count). The highest BCUT2D eigenvalue weighted by atomic mass is 32.2. The summed E-state index contributed by atoms with van der Waals surface area (Å²) in [6, 6.07) is 9.54. The van der Waals surface area contributed by atoms with E-state index in [4.69, 9.17) is 4.42 Å². The Morgan fingerprint density at radius 1 is 1.12 bits per heavy atom. The largest absolute Gasteiger partial charge is 0.432 e. The van der Waals surface area contributed by atoms with Crippen molar-refractivity contribution in [2.75, 3.05) is 24.2 Å².